The third-order valence-corrected chi connectivity index (χ3v) is 12.0. The van der Waals surface area contributed by atoms with Gasteiger partial charge in [-0.05, 0) is 112 Å². The van der Waals surface area contributed by atoms with Crippen LogP contribution in [0.15, 0.2) is 182 Å². The van der Waals surface area contributed by atoms with E-state index < -0.39 is 0 Å². The predicted octanol–water partition coefficient (Wildman–Crippen LogP) is 14.3. The van der Waals surface area contributed by atoms with E-state index in [-0.39, 0.29) is 0 Å². The molecule has 0 aliphatic heterocycles. The van der Waals surface area contributed by atoms with Gasteiger partial charge in [-0.15, -0.1) is 0 Å². The van der Waals surface area contributed by atoms with Gasteiger partial charge in [0.15, 0.2) is 0 Å². The fraction of sp³-hybridized carbons (Fsp3) is 0. The molecule has 0 unspecified atom stereocenters. The van der Waals surface area contributed by atoms with Crippen LogP contribution >= 0.6 is 0 Å². The molecule has 12 aromatic rings. The molecule has 0 aliphatic carbocycles. The molecule has 0 N–H and O–H groups in total. The van der Waals surface area contributed by atoms with Crippen molar-refractivity contribution in [3.05, 3.63) is 188 Å². The van der Waals surface area contributed by atoms with Crippen LogP contribution in [0.1, 0.15) is 5.56 Å². The summed E-state index contributed by atoms with van der Waals surface area (Å²) >= 11 is 0. The molecule has 55 heavy (non-hydrogen) atoms. The lowest BCUT2D eigenvalue weighted by atomic mass is 9.86. The second-order valence-electron chi connectivity index (χ2n) is 14.7. The van der Waals surface area contributed by atoms with Gasteiger partial charge in [-0.25, -0.2) is 0 Å². The number of rotatable bonds is 4. The predicted molar refractivity (Wildman–Crippen MR) is 232 cm³/mol. The Kier molecular flexibility index (Phi) is 6.15. The van der Waals surface area contributed by atoms with Gasteiger partial charge in [-0.2, -0.15) is 5.26 Å². The lowest BCUT2D eigenvalue weighted by Gasteiger charge is -2.17. The fourth-order valence-corrected chi connectivity index (χ4v) is 9.54. The zero-order valence-corrected chi connectivity index (χ0v) is 29.7. The van der Waals surface area contributed by atoms with Crippen LogP contribution in [0.4, 0.5) is 0 Å². The summed E-state index contributed by atoms with van der Waals surface area (Å²) in [5.74, 6) is 0. The fourth-order valence-electron chi connectivity index (χ4n) is 9.54. The van der Waals surface area contributed by atoms with Crippen molar-refractivity contribution in [2.75, 3.05) is 0 Å². The number of aromatic nitrogens is 1. The lowest BCUT2D eigenvalue weighted by Crippen LogP contribution is -1.93. The summed E-state index contributed by atoms with van der Waals surface area (Å²) in [6.07, 6.45) is 0. The highest BCUT2D eigenvalue weighted by Gasteiger charge is 2.21. The third kappa shape index (κ3) is 4.18. The first-order valence-corrected chi connectivity index (χ1v) is 18.8. The minimum absolute atomic E-state index is 0.703. The molecule has 0 saturated carbocycles. The second-order valence-corrected chi connectivity index (χ2v) is 14.7. The van der Waals surface area contributed by atoms with Gasteiger partial charge in [-0.1, -0.05) is 152 Å². The van der Waals surface area contributed by atoms with E-state index in [2.05, 4.69) is 187 Å². The Morgan fingerprint density at radius 1 is 0.327 bits per heavy atom. The van der Waals surface area contributed by atoms with E-state index in [0.29, 0.717) is 5.56 Å². The summed E-state index contributed by atoms with van der Waals surface area (Å²) in [4.78, 5) is 0. The molecule has 0 aliphatic rings. The Balaban J connectivity index is 1.02. The topological polar surface area (TPSA) is 28.7 Å². The normalized spacial score (nSPS) is 12.0. The Morgan fingerprint density at radius 2 is 0.836 bits per heavy atom. The van der Waals surface area contributed by atoms with Crippen LogP contribution in [0.25, 0.3) is 115 Å². The van der Waals surface area contributed by atoms with Crippen molar-refractivity contribution in [3.8, 4) is 45.1 Å². The van der Waals surface area contributed by atoms with E-state index >= 15 is 0 Å². The van der Waals surface area contributed by atoms with Crippen LogP contribution < -0.4 is 0 Å². The molecule has 0 atom stereocenters. The summed E-state index contributed by atoms with van der Waals surface area (Å²) in [5.41, 5.74) is 11.4. The van der Waals surface area contributed by atoms with Crippen molar-refractivity contribution < 1.29 is 0 Å². The molecule has 0 radical (unpaired) electrons. The molecule has 1 aromatic heterocycles. The molecule has 0 spiro atoms. The first-order valence-electron chi connectivity index (χ1n) is 18.8. The second kappa shape index (κ2) is 11.3. The maximum atomic E-state index is 10.0. The zero-order chi connectivity index (χ0) is 36.2. The smallest absolute Gasteiger partial charge is 0.0998 e. The summed E-state index contributed by atoms with van der Waals surface area (Å²) in [6.45, 7) is 0. The van der Waals surface area contributed by atoms with Gasteiger partial charge < -0.3 is 4.57 Å². The summed E-state index contributed by atoms with van der Waals surface area (Å²) in [7, 11) is 0. The Bertz CT molecular complexity index is 3520. The molecular weight excluding hydrogens is 665 g/mol. The Hall–Kier alpha value is -7.47. The maximum absolute atomic E-state index is 10.0. The van der Waals surface area contributed by atoms with Crippen LogP contribution in [0.2, 0.25) is 0 Å². The molecule has 0 bridgehead atoms. The van der Waals surface area contributed by atoms with Gasteiger partial charge in [0.25, 0.3) is 0 Å². The highest BCUT2D eigenvalue weighted by Crippen LogP contribution is 2.46. The van der Waals surface area contributed by atoms with Crippen LogP contribution in [0.3, 0.4) is 0 Å². The van der Waals surface area contributed by atoms with Crippen LogP contribution in [0.5, 0.6) is 0 Å². The van der Waals surface area contributed by atoms with Gasteiger partial charge in [0.2, 0.25) is 0 Å². The number of para-hydroxylation sites is 1. The van der Waals surface area contributed by atoms with Crippen molar-refractivity contribution in [2.24, 2.45) is 0 Å². The monoisotopic (exact) mass is 694 g/mol. The van der Waals surface area contributed by atoms with Gasteiger partial charge in [0.1, 0.15) is 0 Å². The van der Waals surface area contributed by atoms with Crippen molar-refractivity contribution in [1.82, 2.24) is 4.57 Å². The first-order chi connectivity index (χ1) is 27.2. The largest absolute Gasteiger partial charge is 0.309 e. The van der Waals surface area contributed by atoms with Gasteiger partial charge >= 0.3 is 0 Å². The van der Waals surface area contributed by atoms with Gasteiger partial charge in [-0.3, -0.25) is 0 Å². The first kappa shape index (κ1) is 30.0. The minimum Gasteiger partial charge on any atom is -0.309 e. The van der Waals surface area contributed by atoms with Crippen molar-refractivity contribution in [3.63, 3.8) is 0 Å². The minimum atomic E-state index is 0.703. The van der Waals surface area contributed by atoms with E-state index in [1.807, 2.05) is 6.07 Å². The van der Waals surface area contributed by atoms with Crippen molar-refractivity contribution in [1.29, 1.82) is 5.26 Å². The molecule has 2 heteroatoms. The van der Waals surface area contributed by atoms with Gasteiger partial charge in [0, 0.05) is 21.8 Å². The summed E-state index contributed by atoms with van der Waals surface area (Å²) in [5, 5.41) is 24.8. The molecule has 0 saturated heterocycles. The van der Waals surface area contributed by atoms with Gasteiger partial charge in [0.05, 0.1) is 22.7 Å². The third-order valence-electron chi connectivity index (χ3n) is 12.0. The molecule has 1 heterocycles. The van der Waals surface area contributed by atoms with Crippen LogP contribution in [-0.2, 0) is 0 Å². The Morgan fingerprint density at radius 3 is 1.56 bits per heavy atom. The SMILES string of the molecule is N#Cc1ccc2c3c1ccc1c(-c4ccc(-c5ccc6ccc7c(-c8cccc9ccccc89)ccc8ccc5c6c87)cc4)ccc(c13)n2-c1ccccc1. The zero-order valence-electron chi connectivity index (χ0n) is 29.7. The molecule has 252 valence electrons. The molecule has 0 fully saturated rings. The molecule has 0 amide bonds. The molecule has 12 rings (SSSR count). The number of nitrogens with zero attached hydrogens (tertiary/aromatic N) is 2. The number of nitriles is 1. The summed E-state index contributed by atoms with van der Waals surface area (Å²) < 4.78 is 2.33. The number of benzene rings is 11. The quantitative estimate of drug-likeness (QED) is 0.169. The van der Waals surface area contributed by atoms with E-state index in [4.69, 9.17) is 0 Å². The number of hydrogen-bond acceptors (Lipinski definition) is 1. The Labute approximate surface area is 317 Å². The highest BCUT2D eigenvalue weighted by atomic mass is 15.0. The molecule has 2 nitrogen and oxygen atoms in total. The summed E-state index contributed by atoms with van der Waals surface area (Å²) in [6, 6.07) is 68.6. The molecular formula is C53H30N2. The molecule has 11 aromatic carbocycles. The van der Waals surface area contributed by atoms with E-state index in [1.54, 1.807) is 0 Å². The van der Waals surface area contributed by atoms with E-state index in [1.165, 1.54) is 87.2 Å². The highest BCUT2D eigenvalue weighted by molar-refractivity contribution is 6.29. The van der Waals surface area contributed by atoms with E-state index in [9.17, 15) is 5.26 Å². The number of hydrogen-bond donors (Lipinski definition) is 0. The average molecular weight is 695 g/mol. The van der Waals surface area contributed by atoms with Crippen LogP contribution in [-0.4, -0.2) is 4.57 Å². The van der Waals surface area contributed by atoms with Crippen molar-refractivity contribution >= 4 is 75.7 Å². The maximum Gasteiger partial charge on any atom is 0.0998 e. The average Bonchev–Trinajstić information content (AvgIpc) is 3.60. The van der Waals surface area contributed by atoms with Crippen LogP contribution in [0, 0.1) is 11.3 Å². The number of fused-ring (bicyclic) bond motifs is 1. The van der Waals surface area contributed by atoms with E-state index in [0.717, 1.165) is 27.5 Å². The standard InChI is InChI=1S/C53H30N2/c54-31-37-21-29-48-52-42(37)26-27-46-41(28-30-49(53(46)52)55(48)38-9-2-1-3-10-38)34-15-13-33(14-16-34)40-22-17-35-20-25-47-44(23-18-36-19-24-45(40)50(35)51(36)47)43-12-6-8-32-7-4-5-11-39(32)43/h1-30H. The lowest BCUT2D eigenvalue weighted by molar-refractivity contribution is 1.18. The van der Waals surface area contributed by atoms with Crippen molar-refractivity contribution in [2.45, 2.75) is 0 Å².